The molecular weight excluding hydrogens is 290 g/mol. The summed E-state index contributed by atoms with van der Waals surface area (Å²) in [5, 5.41) is 18.5. The van der Waals surface area contributed by atoms with E-state index in [-0.39, 0.29) is 11.2 Å². The van der Waals surface area contributed by atoms with E-state index in [1.807, 2.05) is 31.2 Å². The number of hydrogen-bond acceptors (Lipinski definition) is 4. The first kappa shape index (κ1) is 14.4. The fourth-order valence-corrected chi connectivity index (χ4v) is 5.02. The molecule has 2 aliphatic carbocycles. The Balaban J connectivity index is 1.82. The van der Waals surface area contributed by atoms with Gasteiger partial charge in [0.05, 0.1) is 5.92 Å². The summed E-state index contributed by atoms with van der Waals surface area (Å²) in [6.45, 7) is 2.00. The normalized spacial score (nSPS) is 37.0. The monoisotopic (exact) mass is 307 g/mol. The van der Waals surface area contributed by atoms with Gasteiger partial charge in [-0.3, -0.25) is 9.59 Å². The van der Waals surface area contributed by atoms with Crippen LogP contribution < -0.4 is 5.73 Å². The molecule has 0 aliphatic heterocycles. The molecule has 5 unspecified atom stereocenters. The highest BCUT2D eigenvalue weighted by Gasteiger charge is 2.73. The van der Waals surface area contributed by atoms with Gasteiger partial charge in [0.15, 0.2) is 0 Å². The molecule has 0 saturated heterocycles. The van der Waals surface area contributed by atoms with Crippen molar-refractivity contribution in [3.8, 4) is 0 Å². The first-order valence-electron chi connectivity index (χ1n) is 6.83. The highest BCUT2D eigenvalue weighted by atomic mass is 32.2. The lowest BCUT2D eigenvalue weighted by molar-refractivity contribution is -0.145. The molecule has 3 rings (SSSR count). The summed E-state index contributed by atoms with van der Waals surface area (Å²) in [4.78, 5) is 23.7. The van der Waals surface area contributed by atoms with Gasteiger partial charge in [-0.2, -0.15) is 0 Å². The molecule has 112 valence electrons. The lowest BCUT2D eigenvalue weighted by Crippen LogP contribution is -2.50. The van der Waals surface area contributed by atoms with E-state index >= 15 is 0 Å². The van der Waals surface area contributed by atoms with Crippen LogP contribution in [0.4, 0.5) is 0 Å². The smallest absolute Gasteiger partial charge is 0.324 e. The van der Waals surface area contributed by atoms with Crippen molar-refractivity contribution < 1.29 is 19.8 Å². The lowest BCUT2D eigenvalue weighted by Gasteiger charge is -2.24. The third-order valence-electron chi connectivity index (χ3n) is 4.63. The third kappa shape index (κ3) is 2.22. The molecule has 6 heteroatoms. The number of benzene rings is 1. The van der Waals surface area contributed by atoms with E-state index < -0.39 is 29.3 Å². The van der Waals surface area contributed by atoms with Crippen molar-refractivity contribution in [1.29, 1.82) is 0 Å². The molecule has 1 aromatic carbocycles. The first-order chi connectivity index (χ1) is 9.84. The van der Waals surface area contributed by atoms with Crippen molar-refractivity contribution in [3.05, 3.63) is 29.8 Å². The zero-order valence-corrected chi connectivity index (χ0v) is 12.3. The molecule has 0 amide bonds. The number of fused-ring (bicyclic) bond motifs is 1. The predicted octanol–water partition coefficient (Wildman–Crippen LogP) is 1.59. The molecule has 2 aliphatic rings. The summed E-state index contributed by atoms with van der Waals surface area (Å²) in [6, 6.07) is 7.93. The Morgan fingerprint density at radius 3 is 2.43 bits per heavy atom. The highest BCUT2D eigenvalue weighted by molar-refractivity contribution is 8.00. The maximum atomic E-state index is 11.4. The van der Waals surface area contributed by atoms with Gasteiger partial charge in [-0.15, -0.1) is 11.8 Å². The maximum absolute atomic E-state index is 11.4. The van der Waals surface area contributed by atoms with E-state index in [1.54, 1.807) is 11.8 Å². The van der Waals surface area contributed by atoms with Crippen LogP contribution in [0.15, 0.2) is 29.2 Å². The van der Waals surface area contributed by atoms with Gasteiger partial charge in [-0.1, -0.05) is 17.7 Å². The lowest BCUT2D eigenvalue weighted by atomic mass is 9.91. The largest absolute Gasteiger partial charge is 0.481 e. The molecule has 2 saturated carbocycles. The van der Waals surface area contributed by atoms with E-state index in [2.05, 4.69) is 0 Å². The van der Waals surface area contributed by atoms with E-state index in [1.165, 1.54) is 0 Å². The number of nitrogens with two attached hydrogens (primary N) is 1. The summed E-state index contributed by atoms with van der Waals surface area (Å²) in [5.41, 5.74) is 5.75. The summed E-state index contributed by atoms with van der Waals surface area (Å²) in [6.07, 6.45) is 0.319. The molecule has 1 aromatic rings. The van der Waals surface area contributed by atoms with Crippen molar-refractivity contribution in [1.82, 2.24) is 0 Å². The summed E-state index contributed by atoms with van der Waals surface area (Å²) >= 11 is 1.54. The van der Waals surface area contributed by atoms with Crippen molar-refractivity contribution in [2.45, 2.75) is 29.0 Å². The van der Waals surface area contributed by atoms with Crippen molar-refractivity contribution in [2.24, 2.45) is 23.5 Å². The predicted molar refractivity (Wildman–Crippen MR) is 78.1 cm³/mol. The van der Waals surface area contributed by atoms with Gasteiger partial charge >= 0.3 is 11.9 Å². The first-order valence-corrected chi connectivity index (χ1v) is 7.71. The number of carboxylic acid groups (broad SMARTS) is 2. The molecule has 0 heterocycles. The van der Waals surface area contributed by atoms with Gasteiger partial charge in [-0.25, -0.2) is 0 Å². The molecule has 5 atom stereocenters. The average Bonchev–Trinajstić information content (AvgIpc) is 3.10. The Kier molecular flexibility index (Phi) is 3.26. The molecule has 21 heavy (non-hydrogen) atoms. The summed E-state index contributed by atoms with van der Waals surface area (Å²) in [7, 11) is 0. The molecule has 0 spiro atoms. The molecule has 2 fully saturated rings. The number of hydrogen-bond donors (Lipinski definition) is 3. The zero-order chi connectivity index (χ0) is 15.4. The minimum Gasteiger partial charge on any atom is -0.481 e. The van der Waals surface area contributed by atoms with Crippen LogP contribution in [0.2, 0.25) is 0 Å². The van der Waals surface area contributed by atoms with Crippen LogP contribution in [0.3, 0.4) is 0 Å². The third-order valence-corrected chi connectivity index (χ3v) is 5.96. The molecule has 0 bridgehead atoms. The van der Waals surface area contributed by atoms with Gasteiger partial charge in [0.2, 0.25) is 0 Å². The quantitative estimate of drug-likeness (QED) is 0.781. The van der Waals surface area contributed by atoms with Gasteiger partial charge in [0.25, 0.3) is 0 Å². The Morgan fingerprint density at radius 2 is 1.90 bits per heavy atom. The number of carboxylic acids is 2. The van der Waals surface area contributed by atoms with Crippen LogP contribution in [0.5, 0.6) is 0 Å². The highest BCUT2D eigenvalue weighted by Crippen LogP contribution is 2.65. The van der Waals surface area contributed by atoms with E-state index in [0.29, 0.717) is 6.42 Å². The van der Waals surface area contributed by atoms with Gasteiger partial charge in [0.1, 0.15) is 5.54 Å². The Morgan fingerprint density at radius 1 is 1.29 bits per heavy atom. The fraction of sp³-hybridized carbons (Fsp3) is 0.467. The second kappa shape index (κ2) is 4.74. The minimum atomic E-state index is -1.41. The minimum absolute atomic E-state index is 0.0556. The van der Waals surface area contributed by atoms with Gasteiger partial charge < -0.3 is 15.9 Å². The Labute approximate surface area is 126 Å². The Hall–Kier alpha value is -1.53. The second-order valence-electron chi connectivity index (χ2n) is 5.99. The van der Waals surface area contributed by atoms with E-state index in [9.17, 15) is 19.8 Å². The molecule has 0 aromatic heterocycles. The average molecular weight is 307 g/mol. The number of aliphatic carboxylic acids is 2. The molecule has 5 nitrogen and oxygen atoms in total. The van der Waals surface area contributed by atoms with E-state index in [4.69, 9.17) is 5.73 Å². The van der Waals surface area contributed by atoms with Crippen molar-refractivity contribution >= 4 is 23.7 Å². The van der Waals surface area contributed by atoms with Crippen LogP contribution in [-0.2, 0) is 9.59 Å². The van der Waals surface area contributed by atoms with Crippen LogP contribution in [0.1, 0.15) is 12.0 Å². The summed E-state index contributed by atoms with van der Waals surface area (Å²) < 4.78 is 0. The van der Waals surface area contributed by atoms with Crippen LogP contribution in [0.25, 0.3) is 0 Å². The number of rotatable bonds is 4. The second-order valence-corrected chi connectivity index (χ2v) is 7.30. The Bertz CT molecular complexity index is 602. The van der Waals surface area contributed by atoms with Crippen LogP contribution >= 0.6 is 11.8 Å². The standard InChI is InChI=1S/C15H17NO4S/c1-7-2-4-8(5-3-7)21-9-6-15(16,14(19)20)12-10(9)11(12)13(17)18/h2-5,9-12H,6,16H2,1H3,(H,17,18)(H,19,20). The van der Waals surface area contributed by atoms with Gasteiger partial charge in [-0.05, 0) is 31.4 Å². The molecule has 4 N–H and O–H groups in total. The maximum Gasteiger partial charge on any atom is 0.324 e. The van der Waals surface area contributed by atoms with Crippen LogP contribution in [-0.4, -0.2) is 32.9 Å². The zero-order valence-electron chi connectivity index (χ0n) is 11.5. The number of aryl methyl sites for hydroxylation is 1. The van der Waals surface area contributed by atoms with E-state index in [0.717, 1.165) is 10.5 Å². The topological polar surface area (TPSA) is 101 Å². The molecular formula is C15H17NO4S. The summed E-state index contributed by atoms with van der Waals surface area (Å²) in [5.74, 6) is -3.24. The van der Waals surface area contributed by atoms with Crippen molar-refractivity contribution in [3.63, 3.8) is 0 Å². The number of carbonyl (C=O) groups is 2. The number of thioether (sulfide) groups is 1. The van der Waals surface area contributed by atoms with Gasteiger partial charge in [0, 0.05) is 16.1 Å². The fourth-order valence-electron chi connectivity index (χ4n) is 3.53. The SMILES string of the molecule is Cc1ccc(SC2CC(N)(C(=O)O)C3C(C(=O)O)C23)cc1. The van der Waals surface area contributed by atoms with Crippen LogP contribution in [0, 0.1) is 24.7 Å². The van der Waals surface area contributed by atoms with Crippen molar-refractivity contribution in [2.75, 3.05) is 0 Å². The molecule has 0 radical (unpaired) electrons.